The molecule has 0 aliphatic carbocycles. The Morgan fingerprint density at radius 2 is 2.33 bits per heavy atom. The van der Waals surface area contributed by atoms with Crippen molar-refractivity contribution in [3.8, 4) is 0 Å². The summed E-state index contributed by atoms with van der Waals surface area (Å²) in [5, 5.41) is 1.26. The standard InChI is InChI=1S/C8H15NO3/c1-6-4-7(5-12-6)8(10)9(2)11-3/h6-7H,4-5H2,1-3H3. The van der Waals surface area contributed by atoms with Gasteiger partial charge in [0.05, 0.1) is 25.7 Å². The molecule has 2 unspecified atom stereocenters. The van der Waals surface area contributed by atoms with Crippen LogP contribution >= 0.6 is 0 Å². The molecule has 0 radical (unpaired) electrons. The van der Waals surface area contributed by atoms with Crippen LogP contribution < -0.4 is 0 Å². The summed E-state index contributed by atoms with van der Waals surface area (Å²) in [7, 11) is 3.10. The Kier molecular flexibility index (Phi) is 3.05. The third-order valence-corrected chi connectivity index (χ3v) is 2.13. The van der Waals surface area contributed by atoms with E-state index in [0.717, 1.165) is 6.42 Å². The van der Waals surface area contributed by atoms with Crippen LogP contribution in [0, 0.1) is 5.92 Å². The van der Waals surface area contributed by atoms with Crippen molar-refractivity contribution in [3.05, 3.63) is 0 Å². The first-order chi connectivity index (χ1) is 5.65. The molecule has 1 rings (SSSR count). The van der Waals surface area contributed by atoms with Crippen molar-refractivity contribution in [1.82, 2.24) is 5.06 Å². The molecule has 0 N–H and O–H groups in total. The molecule has 0 bridgehead atoms. The highest BCUT2D eigenvalue weighted by molar-refractivity contribution is 5.77. The largest absolute Gasteiger partial charge is 0.378 e. The van der Waals surface area contributed by atoms with Crippen molar-refractivity contribution in [2.75, 3.05) is 20.8 Å². The zero-order chi connectivity index (χ0) is 9.14. The molecule has 0 spiro atoms. The zero-order valence-electron chi connectivity index (χ0n) is 7.74. The maximum atomic E-state index is 11.4. The van der Waals surface area contributed by atoms with Crippen molar-refractivity contribution in [2.45, 2.75) is 19.4 Å². The van der Waals surface area contributed by atoms with Crippen molar-refractivity contribution in [1.29, 1.82) is 0 Å². The van der Waals surface area contributed by atoms with Crippen molar-refractivity contribution < 1.29 is 14.4 Å². The molecule has 0 aromatic heterocycles. The van der Waals surface area contributed by atoms with Gasteiger partial charge in [-0.1, -0.05) is 0 Å². The molecule has 1 aliphatic rings. The fraction of sp³-hybridized carbons (Fsp3) is 0.875. The van der Waals surface area contributed by atoms with Gasteiger partial charge in [0.15, 0.2) is 0 Å². The molecule has 0 saturated carbocycles. The third kappa shape index (κ3) is 1.95. The summed E-state index contributed by atoms with van der Waals surface area (Å²) in [6, 6.07) is 0. The molecular formula is C8H15NO3. The van der Waals surface area contributed by atoms with E-state index in [1.165, 1.54) is 12.2 Å². The Morgan fingerprint density at radius 3 is 2.75 bits per heavy atom. The van der Waals surface area contributed by atoms with Gasteiger partial charge in [0.25, 0.3) is 5.91 Å². The van der Waals surface area contributed by atoms with E-state index in [-0.39, 0.29) is 17.9 Å². The average Bonchev–Trinajstić information content (AvgIpc) is 2.49. The number of rotatable bonds is 2. The summed E-state index contributed by atoms with van der Waals surface area (Å²) < 4.78 is 5.28. The van der Waals surface area contributed by atoms with Gasteiger partial charge in [0.2, 0.25) is 0 Å². The van der Waals surface area contributed by atoms with Crippen molar-refractivity contribution in [2.24, 2.45) is 5.92 Å². The first kappa shape index (κ1) is 9.48. The number of carbonyl (C=O) groups excluding carboxylic acids is 1. The number of carbonyl (C=O) groups is 1. The van der Waals surface area contributed by atoms with Gasteiger partial charge in [0, 0.05) is 7.05 Å². The van der Waals surface area contributed by atoms with E-state index in [1.54, 1.807) is 7.05 Å². The number of amides is 1. The monoisotopic (exact) mass is 173 g/mol. The Balaban J connectivity index is 2.43. The molecule has 0 aromatic carbocycles. The molecule has 4 nitrogen and oxygen atoms in total. The van der Waals surface area contributed by atoms with Crippen LogP contribution in [0.1, 0.15) is 13.3 Å². The highest BCUT2D eigenvalue weighted by Gasteiger charge is 2.30. The minimum absolute atomic E-state index is 0.00171. The Hall–Kier alpha value is -0.610. The van der Waals surface area contributed by atoms with Crippen LogP contribution in [0.3, 0.4) is 0 Å². The fourth-order valence-electron chi connectivity index (χ4n) is 1.34. The molecule has 1 saturated heterocycles. The zero-order valence-corrected chi connectivity index (χ0v) is 7.74. The van der Waals surface area contributed by atoms with Crippen molar-refractivity contribution in [3.63, 3.8) is 0 Å². The maximum Gasteiger partial charge on any atom is 0.251 e. The predicted molar refractivity (Wildman–Crippen MR) is 43.3 cm³/mol. The van der Waals surface area contributed by atoms with Gasteiger partial charge in [0.1, 0.15) is 0 Å². The van der Waals surface area contributed by atoms with Crippen LogP contribution in [0.5, 0.6) is 0 Å². The van der Waals surface area contributed by atoms with E-state index in [9.17, 15) is 4.79 Å². The lowest BCUT2D eigenvalue weighted by Gasteiger charge is -2.16. The molecular weight excluding hydrogens is 158 g/mol. The second-order valence-corrected chi connectivity index (χ2v) is 3.09. The summed E-state index contributed by atoms with van der Waals surface area (Å²) in [4.78, 5) is 16.2. The number of hydroxylamine groups is 2. The van der Waals surface area contributed by atoms with Crippen LogP contribution in [0.4, 0.5) is 0 Å². The van der Waals surface area contributed by atoms with E-state index in [4.69, 9.17) is 9.57 Å². The smallest absolute Gasteiger partial charge is 0.251 e. The van der Waals surface area contributed by atoms with Crippen molar-refractivity contribution >= 4 is 5.91 Å². The topological polar surface area (TPSA) is 38.8 Å². The van der Waals surface area contributed by atoms with E-state index >= 15 is 0 Å². The average molecular weight is 173 g/mol. The second kappa shape index (κ2) is 3.87. The molecule has 1 heterocycles. The molecule has 1 amide bonds. The van der Waals surface area contributed by atoms with E-state index in [0.29, 0.717) is 6.61 Å². The fourth-order valence-corrected chi connectivity index (χ4v) is 1.34. The molecule has 0 aromatic rings. The van der Waals surface area contributed by atoms with Crippen LogP contribution in [0.2, 0.25) is 0 Å². The van der Waals surface area contributed by atoms with Gasteiger partial charge in [-0.05, 0) is 13.3 Å². The van der Waals surface area contributed by atoms with Crippen LogP contribution in [0.25, 0.3) is 0 Å². The van der Waals surface area contributed by atoms with Crippen LogP contribution in [-0.4, -0.2) is 37.8 Å². The Morgan fingerprint density at radius 1 is 1.67 bits per heavy atom. The van der Waals surface area contributed by atoms with E-state index in [1.807, 2.05) is 6.92 Å². The minimum Gasteiger partial charge on any atom is -0.378 e. The highest BCUT2D eigenvalue weighted by atomic mass is 16.7. The highest BCUT2D eigenvalue weighted by Crippen LogP contribution is 2.20. The first-order valence-corrected chi connectivity index (χ1v) is 4.08. The third-order valence-electron chi connectivity index (χ3n) is 2.13. The summed E-state index contributed by atoms with van der Waals surface area (Å²) in [6.07, 6.45) is 0.996. The minimum atomic E-state index is -0.0232. The second-order valence-electron chi connectivity index (χ2n) is 3.09. The Labute approximate surface area is 72.4 Å². The van der Waals surface area contributed by atoms with Gasteiger partial charge >= 0.3 is 0 Å². The summed E-state index contributed by atoms with van der Waals surface area (Å²) in [5.41, 5.74) is 0. The normalized spacial score (nSPS) is 28.9. The first-order valence-electron chi connectivity index (χ1n) is 4.08. The molecule has 1 fully saturated rings. The SMILES string of the molecule is CON(C)C(=O)C1COC(C)C1. The lowest BCUT2D eigenvalue weighted by Crippen LogP contribution is -2.32. The van der Waals surface area contributed by atoms with Gasteiger partial charge in [-0.15, -0.1) is 0 Å². The molecule has 1 aliphatic heterocycles. The maximum absolute atomic E-state index is 11.4. The lowest BCUT2D eigenvalue weighted by atomic mass is 10.1. The van der Waals surface area contributed by atoms with Gasteiger partial charge in [-0.3, -0.25) is 9.63 Å². The van der Waals surface area contributed by atoms with Crippen LogP contribution in [0.15, 0.2) is 0 Å². The Bertz CT molecular complexity index is 172. The number of hydrogen-bond acceptors (Lipinski definition) is 3. The summed E-state index contributed by atoms with van der Waals surface area (Å²) >= 11 is 0. The van der Waals surface area contributed by atoms with E-state index in [2.05, 4.69) is 0 Å². The van der Waals surface area contributed by atoms with Crippen LogP contribution in [-0.2, 0) is 14.4 Å². The quantitative estimate of drug-likeness (QED) is 0.568. The number of nitrogens with zero attached hydrogens (tertiary/aromatic N) is 1. The molecule has 70 valence electrons. The molecule has 4 heteroatoms. The molecule has 2 atom stereocenters. The van der Waals surface area contributed by atoms with E-state index < -0.39 is 0 Å². The van der Waals surface area contributed by atoms with Gasteiger partial charge in [-0.2, -0.15) is 0 Å². The summed E-state index contributed by atoms with van der Waals surface area (Å²) in [5.74, 6) is -0.0215. The lowest BCUT2D eigenvalue weighted by molar-refractivity contribution is -0.173. The van der Waals surface area contributed by atoms with Gasteiger partial charge in [-0.25, -0.2) is 5.06 Å². The predicted octanol–water partition coefficient (Wildman–Crippen LogP) is 0.431. The number of hydrogen-bond donors (Lipinski definition) is 0. The van der Waals surface area contributed by atoms with Gasteiger partial charge < -0.3 is 4.74 Å². The summed E-state index contributed by atoms with van der Waals surface area (Å²) in [6.45, 7) is 2.49. The molecule has 12 heavy (non-hydrogen) atoms. The number of ether oxygens (including phenoxy) is 1.